The molecule has 0 heterocycles. The molecule has 82 valence electrons. The van der Waals surface area contributed by atoms with Gasteiger partial charge in [0.05, 0.1) is 5.56 Å². The molecular formula is C11H10BrF3. The van der Waals surface area contributed by atoms with Gasteiger partial charge in [-0.05, 0) is 24.1 Å². The van der Waals surface area contributed by atoms with Crippen molar-refractivity contribution in [3.8, 4) is 0 Å². The van der Waals surface area contributed by atoms with Crippen LogP contribution in [0.5, 0.6) is 0 Å². The minimum atomic E-state index is -4.28. The van der Waals surface area contributed by atoms with Crippen LogP contribution in [0.25, 0.3) is 6.08 Å². The minimum Gasteiger partial charge on any atom is -0.166 e. The average Bonchev–Trinajstić information content (AvgIpc) is 2.15. The first kappa shape index (κ1) is 12.3. The number of allylic oxidation sites excluding steroid dienone is 1. The van der Waals surface area contributed by atoms with E-state index in [1.165, 1.54) is 13.0 Å². The molecule has 0 unspecified atom stereocenters. The van der Waals surface area contributed by atoms with E-state index in [0.29, 0.717) is 10.9 Å². The summed E-state index contributed by atoms with van der Waals surface area (Å²) in [7, 11) is 0. The van der Waals surface area contributed by atoms with Crippen LogP contribution in [0, 0.1) is 6.92 Å². The zero-order valence-corrected chi connectivity index (χ0v) is 9.69. The van der Waals surface area contributed by atoms with Gasteiger partial charge in [0, 0.05) is 5.33 Å². The molecular weight excluding hydrogens is 269 g/mol. The summed E-state index contributed by atoms with van der Waals surface area (Å²) in [6, 6.07) is 4.31. The molecule has 1 aromatic carbocycles. The molecule has 0 saturated carbocycles. The van der Waals surface area contributed by atoms with Gasteiger partial charge in [0.25, 0.3) is 0 Å². The third kappa shape index (κ3) is 3.38. The highest BCUT2D eigenvalue weighted by Gasteiger charge is 2.32. The molecule has 1 aromatic rings. The number of halogens is 4. The topological polar surface area (TPSA) is 0 Å². The summed E-state index contributed by atoms with van der Waals surface area (Å²) in [6.07, 6.45) is -0.864. The fourth-order valence-corrected chi connectivity index (χ4v) is 1.42. The van der Waals surface area contributed by atoms with Crippen molar-refractivity contribution in [3.63, 3.8) is 0 Å². The first-order valence-electron chi connectivity index (χ1n) is 4.35. The number of benzene rings is 1. The van der Waals surface area contributed by atoms with Gasteiger partial charge >= 0.3 is 6.18 Å². The van der Waals surface area contributed by atoms with Crippen LogP contribution >= 0.6 is 15.9 Å². The van der Waals surface area contributed by atoms with Crippen LogP contribution in [0.1, 0.15) is 16.7 Å². The Morgan fingerprint density at radius 1 is 1.33 bits per heavy atom. The molecule has 0 nitrogen and oxygen atoms in total. The van der Waals surface area contributed by atoms with E-state index in [4.69, 9.17) is 0 Å². The number of rotatable bonds is 2. The summed E-state index contributed by atoms with van der Waals surface area (Å²) in [4.78, 5) is 0. The Morgan fingerprint density at radius 2 is 2.00 bits per heavy atom. The quantitative estimate of drug-likeness (QED) is 0.703. The van der Waals surface area contributed by atoms with Crippen molar-refractivity contribution < 1.29 is 13.2 Å². The number of hydrogen-bond acceptors (Lipinski definition) is 0. The second-order valence-corrected chi connectivity index (χ2v) is 3.78. The molecule has 0 N–H and O–H groups in total. The second-order valence-electron chi connectivity index (χ2n) is 3.13. The fraction of sp³-hybridized carbons (Fsp3) is 0.273. The summed E-state index contributed by atoms with van der Waals surface area (Å²) in [6.45, 7) is 1.46. The lowest BCUT2D eigenvalue weighted by atomic mass is 10.0. The lowest BCUT2D eigenvalue weighted by Gasteiger charge is -2.10. The van der Waals surface area contributed by atoms with E-state index >= 15 is 0 Å². The predicted octanol–water partition coefficient (Wildman–Crippen LogP) is 4.42. The van der Waals surface area contributed by atoms with Crippen LogP contribution in [0.4, 0.5) is 13.2 Å². The monoisotopic (exact) mass is 278 g/mol. The molecule has 0 aromatic heterocycles. The Morgan fingerprint density at radius 3 is 2.53 bits per heavy atom. The Balaban J connectivity index is 3.11. The average molecular weight is 279 g/mol. The van der Waals surface area contributed by atoms with Crippen molar-refractivity contribution in [3.05, 3.63) is 41.0 Å². The van der Waals surface area contributed by atoms with Crippen molar-refractivity contribution in [2.24, 2.45) is 0 Å². The smallest absolute Gasteiger partial charge is 0.166 e. The molecule has 0 amide bonds. The summed E-state index contributed by atoms with van der Waals surface area (Å²) in [5, 5.41) is 0.627. The van der Waals surface area contributed by atoms with E-state index in [-0.39, 0.29) is 5.56 Å². The molecule has 15 heavy (non-hydrogen) atoms. The number of aryl methyl sites for hydroxylation is 1. The van der Waals surface area contributed by atoms with E-state index in [9.17, 15) is 13.2 Å². The molecule has 1 rings (SSSR count). The summed E-state index contributed by atoms with van der Waals surface area (Å²) >= 11 is 3.17. The fourth-order valence-electron chi connectivity index (χ4n) is 1.23. The molecule has 0 saturated heterocycles. The molecule has 4 heteroatoms. The molecule has 0 radical (unpaired) electrons. The molecule has 0 aliphatic carbocycles. The predicted molar refractivity (Wildman–Crippen MR) is 59.0 cm³/mol. The maximum atomic E-state index is 12.5. The summed E-state index contributed by atoms with van der Waals surface area (Å²) in [5.74, 6) is 0. The Bertz CT molecular complexity index is 367. The summed E-state index contributed by atoms with van der Waals surface area (Å²) in [5.41, 5.74) is 0.241. The van der Waals surface area contributed by atoms with Crippen LogP contribution in [-0.4, -0.2) is 5.33 Å². The maximum Gasteiger partial charge on any atom is 0.416 e. The first-order valence-corrected chi connectivity index (χ1v) is 5.47. The van der Waals surface area contributed by atoms with E-state index in [1.807, 2.05) is 0 Å². The van der Waals surface area contributed by atoms with Gasteiger partial charge < -0.3 is 0 Å². The van der Waals surface area contributed by atoms with Crippen molar-refractivity contribution in [1.29, 1.82) is 0 Å². The second kappa shape index (κ2) is 4.84. The first-order chi connectivity index (χ1) is 6.95. The Labute approximate surface area is 94.9 Å². The van der Waals surface area contributed by atoms with E-state index in [0.717, 1.165) is 6.07 Å². The zero-order chi connectivity index (χ0) is 11.5. The van der Waals surface area contributed by atoms with Gasteiger partial charge in [-0.1, -0.05) is 40.2 Å². The van der Waals surface area contributed by atoms with Gasteiger partial charge in [0.15, 0.2) is 0 Å². The lowest BCUT2D eigenvalue weighted by Crippen LogP contribution is -2.07. The van der Waals surface area contributed by atoms with Gasteiger partial charge in [-0.3, -0.25) is 0 Å². The van der Waals surface area contributed by atoms with Crippen molar-refractivity contribution in [1.82, 2.24) is 0 Å². The third-order valence-corrected chi connectivity index (χ3v) is 2.34. The van der Waals surface area contributed by atoms with Gasteiger partial charge in [-0.25, -0.2) is 0 Å². The van der Waals surface area contributed by atoms with Crippen LogP contribution in [-0.2, 0) is 6.18 Å². The zero-order valence-electron chi connectivity index (χ0n) is 8.11. The molecule has 0 aliphatic rings. The van der Waals surface area contributed by atoms with E-state index < -0.39 is 11.7 Å². The summed E-state index contributed by atoms with van der Waals surface area (Å²) < 4.78 is 37.6. The van der Waals surface area contributed by atoms with Gasteiger partial charge in [-0.15, -0.1) is 0 Å². The lowest BCUT2D eigenvalue weighted by molar-refractivity contribution is -0.138. The van der Waals surface area contributed by atoms with E-state index in [1.54, 1.807) is 18.2 Å². The van der Waals surface area contributed by atoms with Crippen LogP contribution < -0.4 is 0 Å². The Hall–Kier alpha value is -0.770. The normalized spacial score (nSPS) is 12.3. The van der Waals surface area contributed by atoms with Crippen molar-refractivity contribution in [2.45, 2.75) is 13.1 Å². The van der Waals surface area contributed by atoms with Crippen LogP contribution in [0.3, 0.4) is 0 Å². The van der Waals surface area contributed by atoms with Crippen LogP contribution in [0.15, 0.2) is 24.3 Å². The van der Waals surface area contributed by atoms with Gasteiger partial charge in [0.2, 0.25) is 0 Å². The highest BCUT2D eigenvalue weighted by atomic mass is 79.9. The Kier molecular flexibility index (Phi) is 3.97. The molecule has 0 bridgehead atoms. The highest BCUT2D eigenvalue weighted by molar-refractivity contribution is 9.09. The van der Waals surface area contributed by atoms with Gasteiger partial charge in [-0.2, -0.15) is 13.2 Å². The largest absolute Gasteiger partial charge is 0.416 e. The van der Waals surface area contributed by atoms with Crippen molar-refractivity contribution >= 4 is 22.0 Å². The molecule has 0 fully saturated rings. The standard InChI is InChI=1S/C11H10BrF3/c1-8-4-5-9(3-2-6-12)7-10(8)11(13,14)15/h2-5,7H,6H2,1H3. The maximum absolute atomic E-state index is 12.5. The van der Waals surface area contributed by atoms with E-state index in [2.05, 4.69) is 15.9 Å². The molecule has 0 spiro atoms. The van der Waals surface area contributed by atoms with Gasteiger partial charge in [0.1, 0.15) is 0 Å². The van der Waals surface area contributed by atoms with Crippen molar-refractivity contribution in [2.75, 3.05) is 5.33 Å². The molecule has 0 atom stereocenters. The highest BCUT2D eigenvalue weighted by Crippen LogP contribution is 2.32. The minimum absolute atomic E-state index is 0.249. The number of hydrogen-bond donors (Lipinski definition) is 0. The number of alkyl halides is 4. The SMILES string of the molecule is Cc1ccc(C=CCBr)cc1C(F)(F)F. The third-order valence-electron chi connectivity index (χ3n) is 1.97. The molecule has 0 aliphatic heterocycles. The van der Waals surface area contributed by atoms with Crippen LogP contribution in [0.2, 0.25) is 0 Å².